The van der Waals surface area contributed by atoms with Crippen LogP contribution in [0.4, 0.5) is 11.4 Å². The molecule has 4 aromatic rings. The molecule has 1 aliphatic carbocycles. The summed E-state index contributed by atoms with van der Waals surface area (Å²) in [6.07, 6.45) is 5.27. The van der Waals surface area contributed by atoms with Crippen molar-refractivity contribution in [2.45, 2.75) is 32.6 Å². The van der Waals surface area contributed by atoms with Crippen LogP contribution in [0.1, 0.15) is 39.0 Å². The Bertz CT molecular complexity index is 1320. The van der Waals surface area contributed by atoms with Gasteiger partial charge < -0.3 is 15.1 Å². The molecule has 160 valence electrons. The van der Waals surface area contributed by atoms with E-state index in [0.717, 1.165) is 34.9 Å². The lowest BCUT2D eigenvalue weighted by Crippen LogP contribution is -2.17. The SMILES string of the molecule is Cc1c(NC(=O)Cc2coc3cc4c(cc23)CCC4)cccc1NC(=O)c1ccccc1. The minimum atomic E-state index is -0.186. The molecule has 1 heterocycles. The Morgan fingerprint density at radius 3 is 2.41 bits per heavy atom. The smallest absolute Gasteiger partial charge is 0.255 e. The first-order valence-corrected chi connectivity index (χ1v) is 10.9. The van der Waals surface area contributed by atoms with E-state index in [9.17, 15) is 9.59 Å². The largest absolute Gasteiger partial charge is 0.464 e. The molecule has 5 rings (SSSR count). The van der Waals surface area contributed by atoms with Crippen LogP contribution in [0.5, 0.6) is 0 Å². The second-order valence-corrected chi connectivity index (χ2v) is 8.25. The van der Waals surface area contributed by atoms with E-state index in [0.29, 0.717) is 16.9 Å². The van der Waals surface area contributed by atoms with Gasteiger partial charge in [0.2, 0.25) is 5.91 Å². The minimum absolute atomic E-state index is 0.122. The maximum atomic E-state index is 12.8. The summed E-state index contributed by atoms with van der Waals surface area (Å²) in [5.74, 6) is -0.308. The molecule has 1 aromatic heterocycles. The number of fused-ring (bicyclic) bond motifs is 2. The lowest BCUT2D eigenvalue weighted by atomic mass is 10.0. The zero-order chi connectivity index (χ0) is 22.1. The summed E-state index contributed by atoms with van der Waals surface area (Å²) in [5.41, 5.74) is 7.18. The van der Waals surface area contributed by atoms with Crippen LogP contribution in [0.2, 0.25) is 0 Å². The standard InChI is InChI=1S/C27H24N2O3/c1-17-23(11-6-12-24(17)29-27(31)18-7-3-2-4-8-18)28-26(30)15-21-16-32-25-14-20-10-5-9-19(20)13-22(21)25/h2-4,6-8,11-14,16H,5,9-10,15H2,1H3,(H,28,30)(H,29,31). The van der Waals surface area contributed by atoms with Crippen molar-refractivity contribution in [3.8, 4) is 0 Å². The highest BCUT2D eigenvalue weighted by Gasteiger charge is 2.17. The Kier molecular flexibility index (Phi) is 5.23. The normalized spacial score (nSPS) is 12.5. The van der Waals surface area contributed by atoms with E-state index in [1.807, 2.05) is 43.3 Å². The lowest BCUT2D eigenvalue weighted by molar-refractivity contribution is -0.115. The number of anilines is 2. The van der Waals surface area contributed by atoms with Gasteiger partial charge in [-0.05, 0) is 79.3 Å². The van der Waals surface area contributed by atoms with Gasteiger partial charge in [-0.2, -0.15) is 0 Å². The van der Waals surface area contributed by atoms with Crippen LogP contribution in [-0.4, -0.2) is 11.8 Å². The molecular formula is C27H24N2O3. The van der Waals surface area contributed by atoms with Gasteiger partial charge in [-0.1, -0.05) is 24.3 Å². The summed E-state index contributed by atoms with van der Waals surface area (Å²) < 4.78 is 5.73. The average Bonchev–Trinajstić information content (AvgIpc) is 3.42. The Balaban J connectivity index is 1.31. The van der Waals surface area contributed by atoms with E-state index < -0.39 is 0 Å². The summed E-state index contributed by atoms with van der Waals surface area (Å²) in [5, 5.41) is 6.93. The topological polar surface area (TPSA) is 71.3 Å². The Morgan fingerprint density at radius 1 is 0.906 bits per heavy atom. The number of nitrogens with one attached hydrogen (secondary N) is 2. The van der Waals surface area contributed by atoms with Crippen molar-refractivity contribution in [1.29, 1.82) is 0 Å². The molecule has 0 radical (unpaired) electrons. The summed E-state index contributed by atoms with van der Waals surface area (Å²) in [4.78, 5) is 25.3. The second-order valence-electron chi connectivity index (χ2n) is 8.25. The molecule has 0 fully saturated rings. The van der Waals surface area contributed by atoms with Gasteiger partial charge in [0.25, 0.3) is 5.91 Å². The van der Waals surface area contributed by atoms with Crippen LogP contribution < -0.4 is 10.6 Å². The van der Waals surface area contributed by atoms with Gasteiger partial charge in [-0.25, -0.2) is 0 Å². The highest BCUT2D eigenvalue weighted by atomic mass is 16.3. The quantitative estimate of drug-likeness (QED) is 0.434. The van der Waals surface area contributed by atoms with Gasteiger partial charge in [-0.3, -0.25) is 9.59 Å². The number of rotatable bonds is 5. The van der Waals surface area contributed by atoms with Gasteiger partial charge >= 0.3 is 0 Å². The molecule has 0 unspecified atom stereocenters. The van der Waals surface area contributed by atoms with E-state index >= 15 is 0 Å². The van der Waals surface area contributed by atoms with E-state index in [1.165, 1.54) is 17.5 Å². The molecule has 0 spiro atoms. The van der Waals surface area contributed by atoms with Gasteiger partial charge in [0.1, 0.15) is 5.58 Å². The first-order chi connectivity index (χ1) is 15.6. The zero-order valence-corrected chi connectivity index (χ0v) is 17.9. The fraction of sp³-hybridized carbons (Fsp3) is 0.185. The van der Waals surface area contributed by atoms with Crippen molar-refractivity contribution < 1.29 is 14.0 Å². The van der Waals surface area contributed by atoms with E-state index in [-0.39, 0.29) is 18.2 Å². The number of hydrogen-bond donors (Lipinski definition) is 2. The maximum absolute atomic E-state index is 12.8. The van der Waals surface area contributed by atoms with Crippen molar-refractivity contribution in [3.63, 3.8) is 0 Å². The molecule has 0 atom stereocenters. The molecule has 5 heteroatoms. The molecule has 5 nitrogen and oxygen atoms in total. The third kappa shape index (κ3) is 3.89. The fourth-order valence-corrected chi connectivity index (χ4v) is 4.34. The number of aryl methyl sites for hydroxylation is 2. The number of furan rings is 1. The van der Waals surface area contributed by atoms with Crippen LogP contribution in [0.3, 0.4) is 0 Å². The molecule has 2 amide bonds. The highest BCUT2D eigenvalue weighted by Crippen LogP contribution is 2.31. The third-order valence-electron chi connectivity index (χ3n) is 6.11. The molecule has 1 aliphatic rings. The van der Waals surface area contributed by atoms with Gasteiger partial charge in [-0.15, -0.1) is 0 Å². The van der Waals surface area contributed by atoms with E-state index in [2.05, 4.69) is 22.8 Å². The summed E-state index contributed by atoms with van der Waals surface area (Å²) in [7, 11) is 0. The second kappa shape index (κ2) is 8.35. The molecule has 3 aromatic carbocycles. The Morgan fingerprint density at radius 2 is 1.62 bits per heavy atom. The number of carbonyl (C=O) groups is 2. The van der Waals surface area contributed by atoms with Crippen LogP contribution >= 0.6 is 0 Å². The highest BCUT2D eigenvalue weighted by molar-refractivity contribution is 6.05. The predicted octanol–water partition coefficient (Wildman–Crippen LogP) is 5.66. The monoisotopic (exact) mass is 424 g/mol. The molecule has 0 saturated heterocycles. The first-order valence-electron chi connectivity index (χ1n) is 10.9. The number of hydrogen-bond acceptors (Lipinski definition) is 3. The van der Waals surface area contributed by atoms with Crippen LogP contribution in [0, 0.1) is 6.92 Å². The number of amides is 2. The van der Waals surface area contributed by atoms with E-state index in [1.54, 1.807) is 18.4 Å². The third-order valence-corrected chi connectivity index (χ3v) is 6.11. The predicted molar refractivity (Wildman–Crippen MR) is 126 cm³/mol. The number of benzene rings is 3. The van der Waals surface area contributed by atoms with Crippen LogP contribution in [0.15, 0.2) is 71.3 Å². The minimum Gasteiger partial charge on any atom is -0.464 e. The van der Waals surface area contributed by atoms with Crippen molar-refractivity contribution in [2.24, 2.45) is 0 Å². The van der Waals surface area contributed by atoms with Gasteiger partial charge in [0.15, 0.2) is 0 Å². The molecule has 0 bridgehead atoms. The summed E-state index contributed by atoms with van der Waals surface area (Å²) in [6.45, 7) is 1.88. The number of carbonyl (C=O) groups excluding carboxylic acids is 2. The average molecular weight is 425 g/mol. The van der Waals surface area contributed by atoms with Gasteiger partial charge in [0, 0.05) is 27.9 Å². The van der Waals surface area contributed by atoms with Crippen LogP contribution in [0.25, 0.3) is 11.0 Å². The molecule has 2 N–H and O–H groups in total. The van der Waals surface area contributed by atoms with E-state index in [4.69, 9.17) is 4.42 Å². The van der Waals surface area contributed by atoms with Crippen molar-refractivity contribution in [3.05, 3.63) is 94.7 Å². The van der Waals surface area contributed by atoms with Crippen LogP contribution in [-0.2, 0) is 24.1 Å². The molecule has 0 saturated carbocycles. The first kappa shape index (κ1) is 20.1. The zero-order valence-electron chi connectivity index (χ0n) is 17.9. The van der Waals surface area contributed by atoms with Gasteiger partial charge in [0.05, 0.1) is 12.7 Å². The molecular weight excluding hydrogens is 400 g/mol. The summed E-state index contributed by atoms with van der Waals surface area (Å²) >= 11 is 0. The Hall–Kier alpha value is -3.86. The fourth-order valence-electron chi connectivity index (χ4n) is 4.34. The summed E-state index contributed by atoms with van der Waals surface area (Å²) in [6, 6.07) is 18.8. The lowest BCUT2D eigenvalue weighted by Gasteiger charge is -2.13. The van der Waals surface area contributed by atoms with Crippen molar-refractivity contribution >= 4 is 34.2 Å². The van der Waals surface area contributed by atoms with Crippen molar-refractivity contribution in [1.82, 2.24) is 0 Å². The molecule has 32 heavy (non-hydrogen) atoms. The van der Waals surface area contributed by atoms with Crippen molar-refractivity contribution in [2.75, 3.05) is 10.6 Å². The Labute approximate surface area is 186 Å². The maximum Gasteiger partial charge on any atom is 0.255 e. The molecule has 0 aliphatic heterocycles.